The molecule has 0 aliphatic rings. The maximum atomic E-state index is 10.9. The summed E-state index contributed by atoms with van der Waals surface area (Å²) in [5.74, 6) is 0.234. The van der Waals surface area contributed by atoms with Crippen molar-refractivity contribution in [1.82, 2.24) is 0 Å². The molecule has 0 fully saturated rings. The highest BCUT2D eigenvalue weighted by Gasteiger charge is 2.06. The smallest absolute Gasteiger partial charge is 0.299 e. The maximum absolute atomic E-state index is 10.9. The van der Waals surface area contributed by atoms with Gasteiger partial charge in [-0.2, -0.15) is 0 Å². The van der Waals surface area contributed by atoms with Crippen LogP contribution in [0.1, 0.15) is 0 Å². The van der Waals surface area contributed by atoms with Crippen molar-refractivity contribution in [3.8, 4) is 0 Å². The van der Waals surface area contributed by atoms with Crippen molar-refractivity contribution in [2.45, 2.75) is 0 Å². The molecule has 2 N–H and O–H groups in total. The molecular formula is C7H11N3O. The van der Waals surface area contributed by atoms with E-state index in [2.05, 4.69) is 0 Å². The van der Waals surface area contributed by atoms with Crippen LogP contribution < -0.4 is 15.4 Å². The summed E-state index contributed by atoms with van der Waals surface area (Å²) in [7, 11) is 3.68. The van der Waals surface area contributed by atoms with Crippen molar-refractivity contribution in [1.29, 1.82) is 0 Å². The van der Waals surface area contributed by atoms with E-state index in [9.17, 15) is 5.21 Å². The lowest BCUT2D eigenvalue weighted by atomic mass is 10.4. The van der Waals surface area contributed by atoms with Crippen molar-refractivity contribution in [2.24, 2.45) is 0 Å². The summed E-state index contributed by atoms with van der Waals surface area (Å²) >= 11 is 0. The quantitative estimate of drug-likeness (QED) is 0.455. The predicted octanol–water partition coefficient (Wildman–Crippen LogP) is -0.0318. The molecule has 0 saturated carbocycles. The summed E-state index contributed by atoms with van der Waals surface area (Å²) in [4.78, 5) is 1.80. The molecule has 1 rings (SSSR count). The molecule has 1 aromatic rings. The molecule has 0 saturated heterocycles. The number of rotatable bonds is 1. The molecular weight excluding hydrogens is 142 g/mol. The van der Waals surface area contributed by atoms with E-state index in [-0.39, 0.29) is 5.82 Å². The second-order valence-corrected chi connectivity index (χ2v) is 2.50. The Morgan fingerprint density at radius 3 is 2.64 bits per heavy atom. The largest absolute Gasteiger partial charge is 0.711 e. The first-order chi connectivity index (χ1) is 5.13. The number of nitrogen functional groups attached to an aromatic ring is 1. The Labute approximate surface area is 65.4 Å². The van der Waals surface area contributed by atoms with Gasteiger partial charge in [0, 0.05) is 14.1 Å². The van der Waals surface area contributed by atoms with Crippen LogP contribution in [-0.4, -0.2) is 14.1 Å². The minimum Gasteiger partial charge on any atom is -0.711 e. The molecule has 4 heteroatoms. The average molecular weight is 153 g/mol. The van der Waals surface area contributed by atoms with Crippen molar-refractivity contribution >= 4 is 11.5 Å². The van der Waals surface area contributed by atoms with Gasteiger partial charge >= 0.3 is 0 Å². The van der Waals surface area contributed by atoms with E-state index in [0.717, 1.165) is 5.69 Å². The van der Waals surface area contributed by atoms with E-state index < -0.39 is 0 Å². The zero-order valence-electron chi connectivity index (χ0n) is 6.61. The fraction of sp³-hybridized carbons (Fsp3) is 0.286. The Kier molecular flexibility index (Phi) is 1.85. The monoisotopic (exact) mass is 153 g/mol. The minimum absolute atomic E-state index is 0.234. The second kappa shape index (κ2) is 2.65. The van der Waals surface area contributed by atoms with Crippen molar-refractivity contribution in [3.63, 3.8) is 0 Å². The first kappa shape index (κ1) is 7.65. The topological polar surface area (TPSA) is 56.2 Å². The van der Waals surface area contributed by atoms with Crippen LogP contribution in [0, 0.1) is 5.21 Å². The molecule has 0 atom stereocenters. The second-order valence-electron chi connectivity index (χ2n) is 2.50. The predicted molar refractivity (Wildman–Crippen MR) is 44.1 cm³/mol. The van der Waals surface area contributed by atoms with Crippen molar-refractivity contribution < 1.29 is 4.73 Å². The zero-order chi connectivity index (χ0) is 8.43. The summed E-state index contributed by atoms with van der Waals surface area (Å²) in [5, 5.41) is 10.9. The maximum Gasteiger partial charge on any atom is 0.299 e. The molecule has 0 spiro atoms. The molecule has 11 heavy (non-hydrogen) atoms. The Balaban J connectivity index is 3.17. The van der Waals surface area contributed by atoms with Gasteiger partial charge in [0.2, 0.25) is 0 Å². The summed E-state index contributed by atoms with van der Waals surface area (Å²) in [6.45, 7) is 0. The Hall–Kier alpha value is -1.45. The standard InChI is InChI=1S/C7H11N3O/c1-9(2)6-4-3-5-10(11)7(6)8/h3-5H,8H2,1-2H3. The molecule has 1 aromatic heterocycles. The van der Waals surface area contributed by atoms with E-state index in [4.69, 9.17) is 5.73 Å². The third-order valence-electron chi connectivity index (χ3n) is 1.46. The normalized spacial score (nSPS) is 9.64. The van der Waals surface area contributed by atoms with Gasteiger partial charge in [-0.15, -0.1) is 0 Å². The summed E-state index contributed by atoms with van der Waals surface area (Å²) < 4.78 is 0.648. The number of aromatic nitrogens is 1. The average Bonchev–Trinajstić information content (AvgIpc) is 1.94. The van der Waals surface area contributed by atoms with Gasteiger partial charge in [0.1, 0.15) is 5.69 Å². The van der Waals surface area contributed by atoms with Crippen LogP contribution >= 0.6 is 0 Å². The SMILES string of the molecule is CN(C)c1ccc[n+]([O-])c1N. The zero-order valence-corrected chi connectivity index (χ0v) is 6.61. The van der Waals surface area contributed by atoms with E-state index in [1.54, 1.807) is 17.0 Å². The highest BCUT2D eigenvalue weighted by Crippen LogP contribution is 2.14. The van der Waals surface area contributed by atoms with Crippen LogP contribution in [-0.2, 0) is 0 Å². The Morgan fingerprint density at radius 1 is 1.55 bits per heavy atom. The van der Waals surface area contributed by atoms with Gasteiger partial charge in [-0.05, 0) is 12.1 Å². The van der Waals surface area contributed by atoms with Crippen molar-refractivity contribution in [2.75, 3.05) is 24.7 Å². The minimum atomic E-state index is 0.234. The van der Waals surface area contributed by atoms with Crippen LogP contribution in [0.25, 0.3) is 0 Å². The molecule has 0 aliphatic heterocycles. The molecule has 0 aliphatic carbocycles. The van der Waals surface area contributed by atoms with Gasteiger partial charge in [0.25, 0.3) is 5.82 Å². The van der Waals surface area contributed by atoms with Gasteiger partial charge in [0.05, 0.1) is 6.20 Å². The van der Waals surface area contributed by atoms with Gasteiger partial charge in [-0.3, -0.25) is 5.73 Å². The fourth-order valence-electron chi connectivity index (χ4n) is 0.869. The van der Waals surface area contributed by atoms with Crippen LogP contribution in [0.5, 0.6) is 0 Å². The van der Waals surface area contributed by atoms with Gasteiger partial charge in [-0.25, -0.2) is 4.73 Å². The number of nitrogens with zero attached hydrogens (tertiary/aromatic N) is 2. The molecule has 1 heterocycles. The summed E-state index contributed by atoms with van der Waals surface area (Å²) in [6.07, 6.45) is 1.38. The highest BCUT2D eigenvalue weighted by atomic mass is 16.5. The number of pyridine rings is 1. The highest BCUT2D eigenvalue weighted by molar-refractivity contribution is 5.59. The van der Waals surface area contributed by atoms with E-state index in [1.807, 2.05) is 14.1 Å². The lowest BCUT2D eigenvalue weighted by molar-refractivity contribution is -0.589. The van der Waals surface area contributed by atoms with Crippen LogP contribution in [0.2, 0.25) is 0 Å². The molecule has 0 amide bonds. The number of hydrogen-bond donors (Lipinski definition) is 1. The van der Waals surface area contributed by atoms with Gasteiger partial charge in [-0.1, -0.05) is 0 Å². The fourth-order valence-corrected chi connectivity index (χ4v) is 0.869. The number of nitrogens with two attached hydrogens (primary N) is 1. The first-order valence-electron chi connectivity index (χ1n) is 3.28. The Morgan fingerprint density at radius 2 is 2.18 bits per heavy atom. The molecule has 0 aromatic carbocycles. The van der Waals surface area contributed by atoms with Crippen molar-refractivity contribution in [3.05, 3.63) is 23.5 Å². The van der Waals surface area contributed by atoms with Gasteiger partial charge in [0.15, 0.2) is 0 Å². The number of anilines is 2. The van der Waals surface area contributed by atoms with Gasteiger partial charge < -0.3 is 10.1 Å². The van der Waals surface area contributed by atoms with Crippen LogP contribution in [0.15, 0.2) is 18.3 Å². The molecule has 0 radical (unpaired) electrons. The third-order valence-corrected chi connectivity index (χ3v) is 1.46. The molecule has 0 bridgehead atoms. The lowest BCUT2D eigenvalue weighted by Crippen LogP contribution is -2.31. The van der Waals surface area contributed by atoms with Crippen LogP contribution in [0.4, 0.5) is 11.5 Å². The van der Waals surface area contributed by atoms with E-state index >= 15 is 0 Å². The Bertz CT molecular complexity index is 260. The van der Waals surface area contributed by atoms with E-state index in [0.29, 0.717) is 4.73 Å². The van der Waals surface area contributed by atoms with Crippen LogP contribution in [0.3, 0.4) is 0 Å². The number of hydrogen-bond acceptors (Lipinski definition) is 3. The molecule has 4 nitrogen and oxygen atoms in total. The molecule has 0 unspecified atom stereocenters. The third kappa shape index (κ3) is 1.34. The molecule has 60 valence electrons. The first-order valence-corrected chi connectivity index (χ1v) is 3.28. The lowest BCUT2D eigenvalue weighted by Gasteiger charge is -2.14. The van der Waals surface area contributed by atoms with E-state index in [1.165, 1.54) is 6.20 Å². The summed E-state index contributed by atoms with van der Waals surface area (Å²) in [5.41, 5.74) is 6.23. The summed E-state index contributed by atoms with van der Waals surface area (Å²) in [6, 6.07) is 3.46.